The Hall–Kier alpha value is -2.45. The average molecular weight is 459 g/mol. The Kier molecular flexibility index (Phi) is 6.46. The third kappa shape index (κ3) is 4.51. The van der Waals surface area contributed by atoms with Crippen LogP contribution in [-0.4, -0.2) is 58.9 Å². The molecule has 1 aromatic rings. The number of nitriles is 1. The number of benzene rings is 1. The molecule has 1 saturated heterocycles. The molecule has 1 atom stereocenters. The molecule has 0 unspecified atom stereocenters. The van der Waals surface area contributed by atoms with Crippen LogP contribution in [0.3, 0.4) is 0 Å². The van der Waals surface area contributed by atoms with Gasteiger partial charge >= 0.3 is 6.09 Å². The molecule has 152 valence electrons. The zero-order chi connectivity index (χ0) is 21.2. The molecular weight excluding hydrogens is 439 g/mol. The molecular formula is C17H20BrFN4O5. The standard InChI is InChI=1S/C17H20BrFN4O5/c1-17(2,3)28-16(25)21-4-5-22(10(8-21)9-24)15-12(18)6-13(23(26)27)11(7-20)14(15)19/h6,10,24H,4-5,8-9H2,1-3H3/t10-/m0/s1. The summed E-state index contributed by atoms with van der Waals surface area (Å²) in [4.78, 5) is 25.4. The molecule has 0 radical (unpaired) electrons. The lowest BCUT2D eigenvalue weighted by Gasteiger charge is -2.42. The van der Waals surface area contributed by atoms with Crippen LogP contribution in [-0.2, 0) is 4.74 Å². The molecule has 1 N–H and O–H groups in total. The second-order valence-corrected chi connectivity index (χ2v) is 8.09. The molecule has 1 fully saturated rings. The number of nitrogens with zero attached hydrogens (tertiary/aromatic N) is 4. The van der Waals surface area contributed by atoms with E-state index in [4.69, 9.17) is 10.00 Å². The number of piperazine rings is 1. The van der Waals surface area contributed by atoms with Gasteiger partial charge in [0.15, 0.2) is 11.4 Å². The summed E-state index contributed by atoms with van der Waals surface area (Å²) < 4.78 is 20.3. The zero-order valence-corrected chi connectivity index (χ0v) is 17.2. The summed E-state index contributed by atoms with van der Waals surface area (Å²) >= 11 is 3.12. The van der Waals surface area contributed by atoms with Gasteiger partial charge in [-0.1, -0.05) is 0 Å². The lowest BCUT2D eigenvalue weighted by Crippen LogP contribution is -2.57. The van der Waals surface area contributed by atoms with Crippen LogP contribution in [0.5, 0.6) is 0 Å². The lowest BCUT2D eigenvalue weighted by atomic mass is 10.1. The average Bonchev–Trinajstić information content (AvgIpc) is 2.59. The minimum absolute atomic E-state index is 0.0648. The number of aliphatic hydroxyl groups excluding tert-OH is 1. The molecule has 28 heavy (non-hydrogen) atoms. The summed E-state index contributed by atoms with van der Waals surface area (Å²) in [6.45, 7) is 5.20. The van der Waals surface area contributed by atoms with E-state index in [9.17, 15) is 24.4 Å². The van der Waals surface area contributed by atoms with Crippen LogP contribution in [0.2, 0.25) is 0 Å². The van der Waals surface area contributed by atoms with Gasteiger partial charge in [-0.3, -0.25) is 10.1 Å². The summed E-state index contributed by atoms with van der Waals surface area (Å²) in [7, 11) is 0. The van der Waals surface area contributed by atoms with Crippen LogP contribution < -0.4 is 4.90 Å². The molecule has 1 amide bonds. The minimum Gasteiger partial charge on any atom is -0.444 e. The van der Waals surface area contributed by atoms with Gasteiger partial charge in [-0.15, -0.1) is 0 Å². The summed E-state index contributed by atoms with van der Waals surface area (Å²) in [6.07, 6.45) is -0.549. The van der Waals surface area contributed by atoms with Gasteiger partial charge in [0, 0.05) is 25.7 Å². The molecule has 1 heterocycles. The number of carbonyl (C=O) groups is 1. The molecule has 1 aliphatic rings. The number of hydrogen-bond acceptors (Lipinski definition) is 7. The monoisotopic (exact) mass is 458 g/mol. The van der Waals surface area contributed by atoms with Crippen LogP contribution in [0.4, 0.5) is 20.6 Å². The van der Waals surface area contributed by atoms with Gasteiger partial charge in [0.25, 0.3) is 5.69 Å². The first-order valence-corrected chi connectivity index (χ1v) is 9.21. The fourth-order valence-electron chi connectivity index (χ4n) is 2.91. The van der Waals surface area contributed by atoms with E-state index in [1.165, 1.54) is 15.9 Å². The molecule has 2 rings (SSSR count). The fraction of sp³-hybridized carbons (Fsp3) is 0.529. The predicted octanol–water partition coefficient (Wildman–Crippen LogP) is 2.79. The highest BCUT2D eigenvalue weighted by atomic mass is 79.9. The van der Waals surface area contributed by atoms with Crippen LogP contribution in [0.1, 0.15) is 26.3 Å². The highest BCUT2D eigenvalue weighted by molar-refractivity contribution is 9.10. The molecule has 9 nitrogen and oxygen atoms in total. The van der Waals surface area contributed by atoms with Gasteiger partial charge in [-0.05, 0) is 36.7 Å². The smallest absolute Gasteiger partial charge is 0.410 e. The first kappa shape index (κ1) is 21.8. The number of ether oxygens (including phenoxy) is 1. The van der Waals surface area contributed by atoms with E-state index in [1.807, 2.05) is 0 Å². The Morgan fingerprint density at radius 3 is 2.68 bits per heavy atom. The molecule has 0 aromatic heterocycles. The van der Waals surface area contributed by atoms with Crippen molar-refractivity contribution >= 4 is 33.4 Å². The summed E-state index contributed by atoms with van der Waals surface area (Å²) in [5.74, 6) is -1.05. The predicted molar refractivity (Wildman–Crippen MR) is 101 cm³/mol. The number of rotatable bonds is 3. The number of hydrogen-bond donors (Lipinski definition) is 1. The molecule has 0 bridgehead atoms. The van der Waals surface area contributed by atoms with Gasteiger partial charge in [-0.25, -0.2) is 9.18 Å². The van der Waals surface area contributed by atoms with E-state index in [2.05, 4.69) is 15.9 Å². The topological polar surface area (TPSA) is 120 Å². The van der Waals surface area contributed by atoms with E-state index in [-0.39, 0.29) is 29.8 Å². The fourth-order valence-corrected chi connectivity index (χ4v) is 3.53. The number of amides is 1. The Morgan fingerprint density at radius 1 is 1.54 bits per heavy atom. The van der Waals surface area contributed by atoms with Gasteiger partial charge in [0.2, 0.25) is 0 Å². The molecule has 0 spiro atoms. The highest BCUT2D eigenvalue weighted by Gasteiger charge is 2.36. The van der Waals surface area contributed by atoms with Gasteiger partial charge in [0.05, 0.1) is 27.7 Å². The number of anilines is 1. The first-order chi connectivity index (χ1) is 13.0. The van der Waals surface area contributed by atoms with Gasteiger partial charge in [-0.2, -0.15) is 5.26 Å². The van der Waals surface area contributed by atoms with Crippen molar-refractivity contribution < 1.29 is 24.0 Å². The quantitative estimate of drug-likeness (QED) is 0.545. The third-order valence-electron chi connectivity index (χ3n) is 4.11. The molecule has 1 aromatic carbocycles. The molecule has 0 saturated carbocycles. The van der Waals surface area contributed by atoms with Crippen molar-refractivity contribution in [3.63, 3.8) is 0 Å². The molecule has 0 aliphatic carbocycles. The van der Waals surface area contributed by atoms with Gasteiger partial charge in [0.1, 0.15) is 11.7 Å². The van der Waals surface area contributed by atoms with Crippen molar-refractivity contribution in [2.75, 3.05) is 31.1 Å². The van der Waals surface area contributed by atoms with Gasteiger partial charge < -0.3 is 19.6 Å². The Labute approximate surface area is 169 Å². The Bertz CT molecular complexity index is 836. The number of halogens is 2. The summed E-state index contributed by atoms with van der Waals surface area (Å²) in [6, 6.07) is 1.91. The Morgan fingerprint density at radius 2 is 2.18 bits per heavy atom. The maximum absolute atomic E-state index is 14.9. The summed E-state index contributed by atoms with van der Waals surface area (Å²) in [5.41, 5.74) is -2.08. The second kappa shape index (κ2) is 8.28. The van der Waals surface area contributed by atoms with Crippen molar-refractivity contribution in [1.82, 2.24) is 4.90 Å². The largest absolute Gasteiger partial charge is 0.444 e. The van der Waals surface area contributed by atoms with E-state index < -0.39 is 46.3 Å². The maximum atomic E-state index is 14.9. The van der Waals surface area contributed by atoms with Crippen molar-refractivity contribution in [1.29, 1.82) is 5.26 Å². The number of aliphatic hydroxyl groups is 1. The molecule has 11 heteroatoms. The second-order valence-electron chi connectivity index (χ2n) is 7.24. The maximum Gasteiger partial charge on any atom is 0.410 e. The number of nitro benzene ring substituents is 1. The Balaban J connectivity index is 2.36. The third-order valence-corrected chi connectivity index (χ3v) is 4.72. The lowest BCUT2D eigenvalue weighted by molar-refractivity contribution is -0.385. The highest BCUT2D eigenvalue weighted by Crippen LogP contribution is 2.38. The number of nitro groups is 1. The number of carbonyl (C=O) groups excluding carboxylic acids is 1. The van der Waals surface area contributed by atoms with Crippen LogP contribution in [0.25, 0.3) is 0 Å². The van der Waals surface area contributed by atoms with E-state index in [0.717, 1.165) is 6.07 Å². The van der Waals surface area contributed by atoms with E-state index >= 15 is 0 Å². The van der Waals surface area contributed by atoms with Crippen LogP contribution in [0, 0.1) is 27.3 Å². The zero-order valence-electron chi connectivity index (χ0n) is 15.6. The minimum atomic E-state index is -1.05. The molecule has 1 aliphatic heterocycles. The van der Waals surface area contributed by atoms with E-state index in [0.29, 0.717) is 0 Å². The van der Waals surface area contributed by atoms with Crippen LogP contribution in [0.15, 0.2) is 10.5 Å². The van der Waals surface area contributed by atoms with Crippen molar-refractivity contribution in [3.8, 4) is 6.07 Å². The first-order valence-electron chi connectivity index (χ1n) is 8.42. The summed E-state index contributed by atoms with van der Waals surface area (Å²) in [5, 5.41) is 30.0. The van der Waals surface area contributed by atoms with Crippen molar-refractivity contribution in [2.45, 2.75) is 32.4 Å². The van der Waals surface area contributed by atoms with Crippen molar-refractivity contribution in [2.24, 2.45) is 0 Å². The van der Waals surface area contributed by atoms with Crippen LogP contribution >= 0.6 is 15.9 Å². The SMILES string of the molecule is CC(C)(C)OC(=O)N1CCN(c2c(Br)cc([N+](=O)[O-])c(C#N)c2F)[C@H](CO)C1. The van der Waals surface area contributed by atoms with E-state index in [1.54, 1.807) is 20.8 Å². The van der Waals surface area contributed by atoms with Crippen molar-refractivity contribution in [3.05, 3.63) is 32.0 Å². The normalized spacial score (nSPS) is 17.2.